The third-order valence-corrected chi connectivity index (χ3v) is 12.1. The Kier molecular flexibility index (Phi) is 7.57. The summed E-state index contributed by atoms with van der Waals surface area (Å²) in [5.74, 6) is 0.281. The summed E-state index contributed by atoms with van der Waals surface area (Å²) in [5.41, 5.74) is 4.15. The van der Waals surface area contributed by atoms with Gasteiger partial charge in [0.05, 0.1) is 8.07 Å². The molecule has 1 N–H and O–H groups in total. The second-order valence-electron chi connectivity index (χ2n) is 7.52. The molecule has 1 aromatic rings. The molecule has 0 aliphatic carbocycles. The van der Waals surface area contributed by atoms with Crippen LogP contribution in [0.5, 0.6) is 0 Å². The summed E-state index contributed by atoms with van der Waals surface area (Å²) in [6, 6.07) is 13.0. The highest BCUT2D eigenvalue weighted by molar-refractivity contribution is 6.82. The van der Waals surface area contributed by atoms with E-state index in [0.717, 1.165) is 11.1 Å². The molecule has 0 heterocycles. The topological polar surface area (TPSA) is 20.2 Å². The zero-order chi connectivity index (χ0) is 16.8. The Balaban J connectivity index is 3.12. The molecule has 22 heavy (non-hydrogen) atoms. The highest BCUT2D eigenvalue weighted by atomic mass is 28.3. The van der Waals surface area contributed by atoms with Crippen molar-refractivity contribution < 1.29 is 5.11 Å². The summed E-state index contributed by atoms with van der Waals surface area (Å²) in [5, 5.41) is 9.99. The summed E-state index contributed by atoms with van der Waals surface area (Å²) in [7, 11) is -1.52. The van der Waals surface area contributed by atoms with E-state index in [1.807, 2.05) is 0 Å². The van der Waals surface area contributed by atoms with Crippen LogP contribution in [-0.4, -0.2) is 19.8 Å². The third kappa shape index (κ3) is 4.82. The standard InChI is InChI=1S/C20H34OSi/c1-16(2)12-13-22(17(3)4,18(5)6)15-20(14-21)19-10-8-7-9-11-19/h7-12,17-18,20-21H,13-15H2,1-6H3. The van der Waals surface area contributed by atoms with Gasteiger partial charge >= 0.3 is 0 Å². The minimum Gasteiger partial charge on any atom is -0.396 e. The maximum absolute atomic E-state index is 9.99. The number of aliphatic hydroxyl groups excluding tert-OH is 1. The summed E-state index contributed by atoms with van der Waals surface area (Å²) < 4.78 is 0. The Bertz CT molecular complexity index is 450. The van der Waals surface area contributed by atoms with E-state index in [0.29, 0.717) is 0 Å². The Labute approximate surface area is 138 Å². The van der Waals surface area contributed by atoms with Gasteiger partial charge in [-0.05, 0) is 31.5 Å². The highest BCUT2D eigenvalue weighted by Gasteiger charge is 2.40. The first-order valence-electron chi connectivity index (χ1n) is 8.62. The Hall–Kier alpha value is -0.863. The van der Waals surface area contributed by atoms with E-state index in [9.17, 15) is 5.11 Å². The molecule has 0 spiro atoms. The van der Waals surface area contributed by atoms with Crippen molar-refractivity contribution in [2.75, 3.05) is 6.61 Å². The molecule has 0 aliphatic rings. The minimum atomic E-state index is -1.52. The van der Waals surface area contributed by atoms with Crippen molar-refractivity contribution >= 4 is 8.07 Å². The van der Waals surface area contributed by atoms with Crippen LogP contribution in [-0.2, 0) is 0 Å². The number of aliphatic hydroxyl groups is 1. The predicted octanol–water partition coefficient (Wildman–Crippen LogP) is 6.00. The van der Waals surface area contributed by atoms with Gasteiger partial charge < -0.3 is 5.11 Å². The molecule has 0 aromatic heterocycles. The van der Waals surface area contributed by atoms with E-state index in [1.54, 1.807) is 0 Å². The van der Waals surface area contributed by atoms with Crippen molar-refractivity contribution in [1.82, 2.24) is 0 Å². The fourth-order valence-corrected chi connectivity index (χ4v) is 9.01. The first-order chi connectivity index (χ1) is 10.3. The molecule has 1 atom stereocenters. The number of benzene rings is 1. The fourth-order valence-electron chi connectivity index (χ4n) is 3.56. The van der Waals surface area contributed by atoms with Crippen LogP contribution < -0.4 is 0 Å². The lowest BCUT2D eigenvalue weighted by molar-refractivity contribution is 0.271. The lowest BCUT2D eigenvalue weighted by Crippen LogP contribution is -2.42. The maximum Gasteiger partial charge on any atom is 0.0631 e. The molecule has 1 aromatic carbocycles. The predicted molar refractivity (Wildman–Crippen MR) is 101 cm³/mol. The molecule has 0 saturated carbocycles. The zero-order valence-corrected chi connectivity index (χ0v) is 16.3. The van der Waals surface area contributed by atoms with E-state index in [1.165, 1.54) is 23.2 Å². The van der Waals surface area contributed by atoms with Crippen LogP contribution in [0.2, 0.25) is 23.2 Å². The zero-order valence-electron chi connectivity index (χ0n) is 15.3. The van der Waals surface area contributed by atoms with E-state index < -0.39 is 8.07 Å². The van der Waals surface area contributed by atoms with E-state index in [4.69, 9.17) is 0 Å². The van der Waals surface area contributed by atoms with Crippen LogP contribution >= 0.6 is 0 Å². The number of hydrogen-bond donors (Lipinski definition) is 1. The maximum atomic E-state index is 9.99. The number of rotatable bonds is 8. The average molecular weight is 319 g/mol. The van der Waals surface area contributed by atoms with Gasteiger partial charge in [0.1, 0.15) is 0 Å². The summed E-state index contributed by atoms with van der Waals surface area (Å²) in [6.45, 7) is 14.2. The van der Waals surface area contributed by atoms with Gasteiger partial charge in [-0.1, -0.05) is 80.8 Å². The average Bonchev–Trinajstić information content (AvgIpc) is 2.47. The summed E-state index contributed by atoms with van der Waals surface area (Å²) >= 11 is 0. The molecule has 0 saturated heterocycles. The van der Waals surface area contributed by atoms with E-state index >= 15 is 0 Å². The fraction of sp³-hybridized carbons (Fsp3) is 0.600. The van der Waals surface area contributed by atoms with Crippen LogP contribution in [0.3, 0.4) is 0 Å². The highest BCUT2D eigenvalue weighted by Crippen LogP contribution is 2.44. The lowest BCUT2D eigenvalue weighted by atomic mass is 10.0. The van der Waals surface area contributed by atoms with Crippen molar-refractivity contribution in [2.45, 2.75) is 70.6 Å². The molecular weight excluding hydrogens is 284 g/mol. The van der Waals surface area contributed by atoms with Crippen LogP contribution in [0.25, 0.3) is 0 Å². The normalized spacial score (nSPS) is 13.5. The molecule has 0 fully saturated rings. The first-order valence-corrected chi connectivity index (χ1v) is 11.2. The molecule has 0 amide bonds. The number of allylic oxidation sites excluding steroid dienone is 2. The Morgan fingerprint density at radius 3 is 2.00 bits per heavy atom. The van der Waals surface area contributed by atoms with Crippen molar-refractivity contribution in [3.8, 4) is 0 Å². The van der Waals surface area contributed by atoms with Gasteiger partial charge in [-0.25, -0.2) is 0 Å². The van der Waals surface area contributed by atoms with Crippen molar-refractivity contribution in [3.63, 3.8) is 0 Å². The molecular formula is C20H34OSi. The lowest BCUT2D eigenvalue weighted by Gasteiger charge is -2.41. The largest absolute Gasteiger partial charge is 0.396 e. The van der Waals surface area contributed by atoms with Gasteiger partial charge in [0, 0.05) is 12.5 Å². The van der Waals surface area contributed by atoms with E-state index in [2.05, 4.69) is 78.0 Å². The molecule has 0 bridgehead atoms. The SMILES string of the molecule is CC(C)=CC[Si](CC(CO)c1ccccc1)(C(C)C)C(C)C. The van der Waals surface area contributed by atoms with Crippen molar-refractivity contribution in [2.24, 2.45) is 0 Å². The smallest absolute Gasteiger partial charge is 0.0631 e. The summed E-state index contributed by atoms with van der Waals surface area (Å²) in [6.07, 6.45) is 2.44. The van der Waals surface area contributed by atoms with Gasteiger partial charge in [0.15, 0.2) is 0 Å². The van der Waals surface area contributed by atoms with Gasteiger partial charge in [-0.2, -0.15) is 0 Å². The van der Waals surface area contributed by atoms with Gasteiger partial charge in [0.25, 0.3) is 0 Å². The first kappa shape index (κ1) is 19.2. The van der Waals surface area contributed by atoms with Crippen molar-refractivity contribution in [3.05, 3.63) is 47.5 Å². The molecule has 1 rings (SSSR count). The van der Waals surface area contributed by atoms with Crippen molar-refractivity contribution in [1.29, 1.82) is 0 Å². The van der Waals surface area contributed by atoms with Gasteiger partial charge in [0.2, 0.25) is 0 Å². The minimum absolute atomic E-state index is 0.257. The molecule has 0 radical (unpaired) electrons. The third-order valence-electron chi connectivity index (χ3n) is 5.31. The second-order valence-corrected chi connectivity index (χ2v) is 13.1. The molecule has 1 nitrogen and oxygen atoms in total. The summed E-state index contributed by atoms with van der Waals surface area (Å²) in [4.78, 5) is 0. The molecule has 2 heteroatoms. The Morgan fingerprint density at radius 2 is 1.59 bits per heavy atom. The van der Waals surface area contributed by atoms with Crippen LogP contribution in [0, 0.1) is 0 Å². The second kappa shape index (κ2) is 8.69. The molecule has 0 aliphatic heterocycles. The monoisotopic (exact) mass is 318 g/mol. The van der Waals surface area contributed by atoms with Gasteiger partial charge in [-0.15, -0.1) is 0 Å². The van der Waals surface area contributed by atoms with Gasteiger partial charge in [-0.3, -0.25) is 0 Å². The quantitative estimate of drug-likeness (QED) is 0.460. The van der Waals surface area contributed by atoms with Crippen LogP contribution in [0.1, 0.15) is 53.0 Å². The number of hydrogen-bond acceptors (Lipinski definition) is 1. The molecule has 1 unspecified atom stereocenters. The Morgan fingerprint density at radius 1 is 1.05 bits per heavy atom. The van der Waals surface area contributed by atoms with E-state index in [-0.39, 0.29) is 12.5 Å². The molecule has 124 valence electrons. The van der Waals surface area contributed by atoms with Crippen LogP contribution in [0.15, 0.2) is 42.0 Å². The van der Waals surface area contributed by atoms with Crippen LogP contribution in [0.4, 0.5) is 0 Å².